The highest BCUT2D eigenvalue weighted by atomic mass is 16.3. The van der Waals surface area contributed by atoms with Crippen LogP contribution in [0.15, 0.2) is 57.9 Å². The van der Waals surface area contributed by atoms with Gasteiger partial charge in [0.05, 0.1) is 6.54 Å². The lowest BCUT2D eigenvalue weighted by atomic mass is 10.1. The molecule has 2 amide bonds. The molecule has 2 aliphatic heterocycles. The SMILES string of the molecule is CN1C(=O)CCN=C1N1CCN(C(=O)c2ccc3nc(-c4ccccc4)oc3c2)CC1. The fraction of sp³-hybridized carbons (Fsp3) is 0.304. The molecule has 3 aromatic rings. The van der Waals surface area contributed by atoms with Gasteiger partial charge in [0, 0.05) is 50.8 Å². The molecule has 2 aliphatic rings. The number of oxazole rings is 1. The van der Waals surface area contributed by atoms with Crippen LogP contribution in [-0.2, 0) is 4.79 Å². The number of nitrogens with zero attached hydrogens (tertiary/aromatic N) is 5. The Hall–Kier alpha value is -3.68. The van der Waals surface area contributed by atoms with Crippen molar-refractivity contribution < 1.29 is 14.0 Å². The molecule has 1 saturated heterocycles. The normalized spacial score (nSPS) is 17.3. The van der Waals surface area contributed by atoms with E-state index >= 15 is 0 Å². The predicted octanol–water partition coefficient (Wildman–Crippen LogP) is 2.47. The Morgan fingerprint density at radius 1 is 1.03 bits per heavy atom. The van der Waals surface area contributed by atoms with Gasteiger partial charge in [-0.2, -0.15) is 0 Å². The van der Waals surface area contributed by atoms with Crippen LogP contribution >= 0.6 is 0 Å². The van der Waals surface area contributed by atoms with E-state index in [1.807, 2.05) is 41.3 Å². The fourth-order valence-electron chi connectivity index (χ4n) is 4.00. The zero-order valence-corrected chi connectivity index (χ0v) is 17.3. The number of hydrogen-bond acceptors (Lipinski definition) is 6. The maximum absolute atomic E-state index is 13.1. The molecule has 0 N–H and O–H groups in total. The molecule has 158 valence electrons. The summed E-state index contributed by atoms with van der Waals surface area (Å²) in [6.07, 6.45) is 0.453. The number of piperazine rings is 1. The molecular weight excluding hydrogens is 394 g/mol. The summed E-state index contributed by atoms with van der Waals surface area (Å²) in [7, 11) is 1.76. The summed E-state index contributed by atoms with van der Waals surface area (Å²) in [5, 5.41) is 0. The van der Waals surface area contributed by atoms with Gasteiger partial charge in [-0.15, -0.1) is 0 Å². The van der Waals surface area contributed by atoms with Gasteiger partial charge < -0.3 is 14.2 Å². The maximum Gasteiger partial charge on any atom is 0.254 e. The Morgan fingerprint density at radius 3 is 2.58 bits per heavy atom. The van der Waals surface area contributed by atoms with Crippen molar-refractivity contribution in [3.05, 3.63) is 54.1 Å². The molecule has 0 bridgehead atoms. The van der Waals surface area contributed by atoms with Crippen LogP contribution in [0.2, 0.25) is 0 Å². The second kappa shape index (κ2) is 7.86. The zero-order chi connectivity index (χ0) is 21.4. The number of carbonyl (C=O) groups excluding carboxylic acids is 2. The smallest absolute Gasteiger partial charge is 0.254 e. The first-order valence-electron chi connectivity index (χ1n) is 10.4. The topological polar surface area (TPSA) is 82.3 Å². The molecule has 5 rings (SSSR count). The van der Waals surface area contributed by atoms with Crippen molar-refractivity contribution in [1.82, 2.24) is 19.7 Å². The van der Waals surface area contributed by atoms with Crippen molar-refractivity contribution in [1.29, 1.82) is 0 Å². The number of aliphatic imine (C=N–C) groups is 1. The monoisotopic (exact) mass is 417 g/mol. The van der Waals surface area contributed by atoms with Crippen molar-refractivity contribution in [2.45, 2.75) is 6.42 Å². The summed E-state index contributed by atoms with van der Waals surface area (Å²) in [6.45, 7) is 2.96. The Morgan fingerprint density at radius 2 is 1.81 bits per heavy atom. The van der Waals surface area contributed by atoms with Crippen molar-refractivity contribution in [2.24, 2.45) is 4.99 Å². The molecule has 0 atom stereocenters. The Balaban J connectivity index is 1.29. The highest BCUT2D eigenvalue weighted by molar-refractivity contribution is 5.99. The number of guanidine groups is 1. The molecule has 1 fully saturated rings. The predicted molar refractivity (Wildman–Crippen MR) is 117 cm³/mol. The van der Waals surface area contributed by atoms with Crippen molar-refractivity contribution >= 4 is 28.9 Å². The second-order valence-corrected chi connectivity index (χ2v) is 7.73. The Kier molecular flexibility index (Phi) is 4.89. The summed E-state index contributed by atoms with van der Waals surface area (Å²) in [4.78, 5) is 39.6. The Bertz CT molecular complexity index is 1160. The molecule has 0 spiro atoms. The third-order valence-corrected chi connectivity index (χ3v) is 5.76. The number of amides is 2. The number of aromatic nitrogens is 1. The minimum atomic E-state index is -0.0331. The standard InChI is InChI=1S/C23H23N5O3/c1-26-20(29)9-10-24-23(26)28-13-11-27(12-14-28)22(30)17-7-8-18-19(15-17)31-21(25-18)16-5-3-2-4-6-16/h2-8,15H,9-14H2,1H3. The van der Waals surface area contributed by atoms with Crippen molar-refractivity contribution in [2.75, 3.05) is 39.8 Å². The average molecular weight is 417 g/mol. The van der Waals surface area contributed by atoms with E-state index in [4.69, 9.17) is 4.42 Å². The van der Waals surface area contributed by atoms with Gasteiger partial charge in [-0.1, -0.05) is 18.2 Å². The van der Waals surface area contributed by atoms with Crippen molar-refractivity contribution in [3.8, 4) is 11.5 Å². The van der Waals surface area contributed by atoms with Crippen molar-refractivity contribution in [3.63, 3.8) is 0 Å². The van der Waals surface area contributed by atoms with Gasteiger partial charge in [0.25, 0.3) is 5.91 Å². The summed E-state index contributed by atoms with van der Waals surface area (Å²) in [6, 6.07) is 15.1. The first-order chi connectivity index (χ1) is 15.1. The van der Waals surface area contributed by atoms with Crippen LogP contribution in [0.4, 0.5) is 0 Å². The summed E-state index contributed by atoms with van der Waals surface area (Å²) < 4.78 is 5.91. The highest BCUT2D eigenvalue weighted by Gasteiger charge is 2.29. The number of rotatable bonds is 2. The number of benzene rings is 2. The minimum Gasteiger partial charge on any atom is -0.436 e. The maximum atomic E-state index is 13.1. The van der Waals surface area contributed by atoms with Gasteiger partial charge in [0.2, 0.25) is 17.8 Å². The molecule has 0 aliphatic carbocycles. The minimum absolute atomic E-state index is 0.0331. The summed E-state index contributed by atoms with van der Waals surface area (Å²) in [5.74, 6) is 1.30. The van der Waals surface area contributed by atoms with Crippen LogP contribution in [0.3, 0.4) is 0 Å². The fourth-order valence-corrected chi connectivity index (χ4v) is 4.00. The van der Waals surface area contributed by atoms with E-state index in [0.717, 1.165) is 11.1 Å². The molecule has 2 aromatic carbocycles. The van der Waals surface area contributed by atoms with Gasteiger partial charge in [0.1, 0.15) is 5.52 Å². The van der Waals surface area contributed by atoms with Crippen LogP contribution in [0.5, 0.6) is 0 Å². The third kappa shape index (κ3) is 3.65. The molecule has 3 heterocycles. The van der Waals surface area contributed by atoms with Crippen LogP contribution in [-0.4, -0.2) is 77.2 Å². The van der Waals surface area contributed by atoms with Crippen LogP contribution in [0.1, 0.15) is 16.8 Å². The second-order valence-electron chi connectivity index (χ2n) is 7.73. The number of fused-ring (bicyclic) bond motifs is 1. The Labute approximate surface area is 179 Å². The average Bonchev–Trinajstić information content (AvgIpc) is 3.25. The van der Waals surface area contributed by atoms with Gasteiger partial charge in [-0.3, -0.25) is 19.5 Å². The van der Waals surface area contributed by atoms with Crippen LogP contribution < -0.4 is 0 Å². The summed E-state index contributed by atoms with van der Waals surface area (Å²) in [5.41, 5.74) is 2.80. The van der Waals surface area contributed by atoms with Gasteiger partial charge >= 0.3 is 0 Å². The zero-order valence-electron chi connectivity index (χ0n) is 17.3. The van der Waals surface area contributed by atoms with Gasteiger partial charge in [-0.05, 0) is 30.3 Å². The first-order valence-corrected chi connectivity index (χ1v) is 10.4. The molecule has 31 heavy (non-hydrogen) atoms. The molecule has 8 heteroatoms. The lowest BCUT2D eigenvalue weighted by Gasteiger charge is -2.39. The van der Waals surface area contributed by atoms with E-state index in [1.54, 1.807) is 24.1 Å². The lowest BCUT2D eigenvalue weighted by molar-refractivity contribution is -0.127. The molecule has 1 aromatic heterocycles. The van der Waals surface area contributed by atoms with E-state index in [0.29, 0.717) is 62.1 Å². The third-order valence-electron chi connectivity index (χ3n) is 5.76. The van der Waals surface area contributed by atoms with E-state index in [-0.39, 0.29) is 11.8 Å². The van der Waals surface area contributed by atoms with E-state index in [9.17, 15) is 9.59 Å². The molecule has 8 nitrogen and oxygen atoms in total. The lowest BCUT2D eigenvalue weighted by Crippen LogP contribution is -2.56. The first kappa shape index (κ1) is 19.3. The van der Waals surface area contributed by atoms with Crippen LogP contribution in [0.25, 0.3) is 22.6 Å². The number of carbonyl (C=O) groups is 2. The van der Waals surface area contributed by atoms with E-state index < -0.39 is 0 Å². The molecular formula is C23H23N5O3. The highest BCUT2D eigenvalue weighted by Crippen LogP contribution is 2.25. The largest absolute Gasteiger partial charge is 0.436 e. The molecule has 0 unspecified atom stereocenters. The van der Waals surface area contributed by atoms with Crippen LogP contribution in [0, 0.1) is 0 Å². The molecule has 0 saturated carbocycles. The van der Waals surface area contributed by atoms with E-state index in [1.165, 1.54) is 0 Å². The summed E-state index contributed by atoms with van der Waals surface area (Å²) >= 11 is 0. The van der Waals surface area contributed by atoms with Gasteiger partial charge in [0.15, 0.2) is 5.58 Å². The number of hydrogen-bond donors (Lipinski definition) is 0. The van der Waals surface area contributed by atoms with E-state index in [2.05, 4.69) is 14.9 Å². The molecule has 0 radical (unpaired) electrons. The quantitative estimate of drug-likeness (QED) is 0.640. The van der Waals surface area contributed by atoms with Gasteiger partial charge in [-0.25, -0.2) is 4.98 Å².